The predicted octanol–water partition coefficient (Wildman–Crippen LogP) is 0.204. The molecule has 0 aromatic heterocycles. The highest BCUT2D eigenvalue weighted by Crippen LogP contribution is 2.30. The standard InChI is InChI=1S/C15H26N4O9S/c1-9(18(14(22)23)15(2,3)4)8-27-16-12(20)11-6-5-10-7-17(11)13(21)19(10)28-29(24,25)26/h9-11H,5-8H2,1-4H3,(H,16,20)(H,22,23)(H,24,25,26)/t9-,10+,11-/m0/s1. The van der Waals surface area contributed by atoms with Crippen LogP contribution in [0.3, 0.4) is 0 Å². The Hall–Kier alpha value is -2.16. The van der Waals surface area contributed by atoms with Crippen molar-refractivity contribution in [1.29, 1.82) is 0 Å². The van der Waals surface area contributed by atoms with Gasteiger partial charge in [-0.25, -0.2) is 15.1 Å². The number of carbonyl (C=O) groups excluding carboxylic acids is 2. The molecular formula is C15H26N4O9S. The number of amides is 4. The zero-order valence-corrected chi connectivity index (χ0v) is 17.4. The molecular weight excluding hydrogens is 412 g/mol. The number of hydroxylamine groups is 3. The number of urea groups is 1. The highest BCUT2D eigenvalue weighted by Gasteiger charge is 2.49. The van der Waals surface area contributed by atoms with Gasteiger partial charge in [0.15, 0.2) is 0 Å². The van der Waals surface area contributed by atoms with Crippen LogP contribution in [0.4, 0.5) is 9.59 Å². The van der Waals surface area contributed by atoms with Gasteiger partial charge < -0.3 is 10.0 Å². The number of piperidine rings is 1. The summed E-state index contributed by atoms with van der Waals surface area (Å²) in [6.07, 6.45) is -0.612. The van der Waals surface area contributed by atoms with Crippen molar-refractivity contribution in [3.63, 3.8) is 0 Å². The first-order chi connectivity index (χ1) is 13.2. The number of nitrogens with zero attached hydrogens (tertiary/aromatic N) is 3. The van der Waals surface area contributed by atoms with E-state index in [1.165, 1.54) is 4.90 Å². The Morgan fingerprint density at radius 1 is 1.34 bits per heavy atom. The summed E-state index contributed by atoms with van der Waals surface area (Å²) in [5.74, 6) is -0.629. The maximum atomic E-state index is 12.4. The molecule has 2 aliphatic rings. The van der Waals surface area contributed by atoms with Crippen molar-refractivity contribution < 1.29 is 41.6 Å². The number of rotatable bonds is 7. The van der Waals surface area contributed by atoms with E-state index in [0.29, 0.717) is 5.06 Å². The van der Waals surface area contributed by atoms with E-state index in [-0.39, 0.29) is 26.0 Å². The Labute approximate surface area is 168 Å². The second-order valence-electron chi connectivity index (χ2n) is 7.96. The molecule has 3 N–H and O–H groups in total. The fourth-order valence-electron chi connectivity index (χ4n) is 3.62. The number of carboxylic acid groups (broad SMARTS) is 1. The summed E-state index contributed by atoms with van der Waals surface area (Å²) >= 11 is 0. The SMILES string of the molecule is C[C@@H](CONC(=O)[C@@H]1CC[C@@H]2CN1C(=O)N2OS(=O)(=O)O)N(C(=O)O)C(C)(C)C. The van der Waals surface area contributed by atoms with Crippen LogP contribution in [0.5, 0.6) is 0 Å². The van der Waals surface area contributed by atoms with Crippen LogP contribution in [-0.4, -0.2) is 87.8 Å². The van der Waals surface area contributed by atoms with Crippen molar-refractivity contribution in [3.8, 4) is 0 Å². The molecule has 29 heavy (non-hydrogen) atoms. The van der Waals surface area contributed by atoms with Gasteiger partial charge in [-0.05, 0) is 40.5 Å². The molecule has 2 fully saturated rings. The van der Waals surface area contributed by atoms with E-state index in [4.69, 9.17) is 9.39 Å². The van der Waals surface area contributed by atoms with Gasteiger partial charge in [0.25, 0.3) is 5.91 Å². The van der Waals surface area contributed by atoms with Crippen molar-refractivity contribution in [3.05, 3.63) is 0 Å². The molecule has 13 nitrogen and oxygen atoms in total. The minimum Gasteiger partial charge on any atom is -0.465 e. The Bertz CT molecular complexity index is 766. The molecule has 14 heteroatoms. The van der Waals surface area contributed by atoms with Gasteiger partial charge >= 0.3 is 22.5 Å². The molecule has 166 valence electrons. The van der Waals surface area contributed by atoms with Crippen LogP contribution >= 0.6 is 0 Å². The molecule has 4 amide bonds. The summed E-state index contributed by atoms with van der Waals surface area (Å²) < 4.78 is 34.9. The Morgan fingerprint density at radius 3 is 2.48 bits per heavy atom. The Morgan fingerprint density at radius 2 is 1.97 bits per heavy atom. The van der Waals surface area contributed by atoms with E-state index in [9.17, 15) is 27.9 Å². The molecule has 0 aliphatic carbocycles. The minimum absolute atomic E-state index is 0.0552. The van der Waals surface area contributed by atoms with Gasteiger partial charge in [0, 0.05) is 12.1 Å². The van der Waals surface area contributed by atoms with Crippen LogP contribution in [0.15, 0.2) is 0 Å². The van der Waals surface area contributed by atoms with E-state index < -0.39 is 52.1 Å². The number of carbonyl (C=O) groups is 3. The molecule has 3 atom stereocenters. The molecule has 0 aromatic carbocycles. The van der Waals surface area contributed by atoms with Crippen LogP contribution in [0.25, 0.3) is 0 Å². The summed E-state index contributed by atoms with van der Waals surface area (Å²) in [6, 6.07) is -2.94. The molecule has 0 aromatic rings. The van der Waals surface area contributed by atoms with E-state index in [1.807, 2.05) is 0 Å². The average molecular weight is 438 g/mol. The molecule has 2 heterocycles. The van der Waals surface area contributed by atoms with Crippen molar-refractivity contribution >= 4 is 28.4 Å². The van der Waals surface area contributed by atoms with Crippen molar-refractivity contribution in [2.75, 3.05) is 13.2 Å². The molecule has 0 saturated carbocycles. The van der Waals surface area contributed by atoms with Gasteiger partial charge in [-0.15, -0.1) is 4.28 Å². The zero-order valence-electron chi connectivity index (χ0n) is 16.6. The normalized spacial score (nSPS) is 23.1. The second kappa shape index (κ2) is 8.30. The Balaban J connectivity index is 1.92. The highest BCUT2D eigenvalue weighted by atomic mass is 32.3. The number of hydrogen-bond acceptors (Lipinski definition) is 7. The first-order valence-corrected chi connectivity index (χ1v) is 10.3. The molecule has 0 spiro atoms. The molecule has 0 unspecified atom stereocenters. The fourth-order valence-corrected chi connectivity index (χ4v) is 4.01. The lowest BCUT2D eigenvalue weighted by atomic mass is 10.0. The third-order valence-corrected chi connectivity index (χ3v) is 5.02. The largest absolute Gasteiger partial charge is 0.465 e. The lowest BCUT2D eigenvalue weighted by molar-refractivity contribution is -0.140. The average Bonchev–Trinajstić information content (AvgIpc) is 2.76. The monoisotopic (exact) mass is 438 g/mol. The van der Waals surface area contributed by atoms with Crippen LogP contribution < -0.4 is 5.48 Å². The minimum atomic E-state index is -4.87. The van der Waals surface area contributed by atoms with Crippen molar-refractivity contribution in [1.82, 2.24) is 20.3 Å². The lowest BCUT2D eigenvalue weighted by Gasteiger charge is -2.37. The van der Waals surface area contributed by atoms with Gasteiger partial charge in [0.05, 0.1) is 18.7 Å². The van der Waals surface area contributed by atoms with E-state index in [0.717, 1.165) is 4.90 Å². The van der Waals surface area contributed by atoms with Crippen LogP contribution in [0.2, 0.25) is 0 Å². The molecule has 0 radical (unpaired) electrons. The summed E-state index contributed by atoms with van der Waals surface area (Å²) in [5, 5.41) is 9.90. The van der Waals surface area contributed by atoms with Crippen molar-refractivity contribution in [2.45, 2.75) is 64.2 Å². The molecule has 2 saturated heterocycles. The van der Waals surface area contributed by atoms with E-state index in [2.05, 4.69) is 9.76 Å². The summed E-state index contributed by atoms with van der Waals surface area (Å²) in [5.41, 5.74) is 1.54. The van der Waals surface area contributed by atoms with E-state index >= 15 is 0 Å². The molecule has 2 rings (SSSR count). The van der Waals surface area contributed by atoms with E-state index in [1.54, 1.807) is 27.7 Å². The number of fused-ring (bicyclic) bond motifs is 2. The summed E-state index contributed by atoms with van der Waals surface area (Å²) in [6.45, 7) is 6.76. The molecule has 2 bridgehead atoms. The van der Waals surface area contributed by atoms with Gasteiger partial charge in [0.1, 0.15) is 6.04 Å². The van der Waals surface area contributed by atoms with Gasteiger partial charge in [-0.2, -0.15) is 13.5 Å². The second-order valence-corrected chi connectivity index (χ2v) is 8.96. The summed E-state index contributed by atoms with van der Waals surface area (Å²) in [4.78, 5) is 43.6. The quantitative estimate of drug-likeness (QED) is 0.372. The Kier molecular flexibility index (Phi) is 6.61. The molecule has 2 aliphatic heterocycles. The number of nitrogens with one attached hydrogen (secondary N) is 1. The first-order valence-electron chi connectivity index (χ1n) is 8.93. The van der Waals surface area contributed by atoms with Gasteiger partial charge in [-0.1, -0.05) is 0 Å². The maximum absolute atomic E-state index is 12.4. The predicted molar refractivity (Wildman–Crippen MR) is 96.6 cm³/mol. The number of hydrogen-bond donors (Lipinski definition) is 3. The van der Waals surface area contributed by atoms with Crippen LogP contribution in [0.1, 0.15) is 40.5 Å². The zero-order chi connectivity index (χ0) is 22.1. The summed E-state index contributed by atoms with van der Waals surface area (Å²) in [7, 11) is -4.87. The van der Waals surface area contributed by atoms with Gasteiger partial charge in [0.2, 0.25) is 0 Å². The third-order valence-electron chi connectivity index (χ3n) is 4.67. The fraction of sp³-hybridized carbons (Fsp3) is 0.800. The highest BCUT2D eigenvalue weighted by molar-refractivity contribution is 7.80. The lowest BCUT2D eigenvalue weighted by Crippen LogP contribution is -2.53. The van der Waals surface area contributed by atoms with Gasteiger partial charge in [-0.3, -0.25) is 19.1 Å². The maximum Gasteiger partial charge on any atom is 0.418 e. The van der Waals surface area contributed by atoms with Crippen LogP contribution in [0, 0.1) is 0 Å². The first kappa shape index (κ1) is 23.1. The van der Waals surface area contributed by atoms with Crippen molar-refractivity contribution in [2.24, 2.45) is 0 Å². The smallest absolute Gasteiger partial charge is 0.418 e. The topological polar surface area (TPSA) is 166 Å². The van der Waals surface area contributed by atoms with Crippen LogP contribution in [-0.2, 0) is 24.3 Å². The third kappa shape index (κ3) is 5.46.